The predicted octanol–water partition coefficient (Wildman–Crippen LogP) is 5.93. The first-order valence-electron chi connectivity index (χ1n) is 6.93. The zero-order valence-corrected chi connectivity index (χ0v) is 16.1. The average Bonchev–Trinajstić information content (AvgIpc) is 2.26. The van der Waals surface area contributed by atoms with E-state index in [0.717, 1.165) is 12.8 Å². The van der Waals surface area contributed by atoms with Crippen LogP contribution in [0.15, 0.2) is 6.99 Å². The molecule has 0 saturated carbocycles. The molecule has 0 radical (unpaired) electrons. The first-order chi connectivity index (χ1) is 8.54. The van der Waals surface area contributed by atoms with Crippen LogP contribution in [0.1, 0.15) is 68.2 Å². The number of nitrogens with one attached hydrogen (secondary N) is 2. The minimum atomic E-state index is -0.473. The molecule has 0 heterocycles. The zero-order chi connectivity index (χ0) is 15.9. The monoisotopic (exact) mass is 356 g/mol. The van der Waals surface area contributed by atoms with Gasteiger partial charge in [0, 0.05) is 0 Å². The molecule has 0 aliphatic carbocycles. The van der Waals surface area contributed by atoms with E-state index in [1.54, 1.807) is 0 Å². The molecule has 0 atom stereocenters. The fourth-order valence-corrected chi connectivity index (χ4v) is 1.57. The van der Waals surface area contributed by atoms with E-state index in [9.17, 15) is 0 Å². The summed E-state index contributed by atoms with van der Waals surface area (Å²) < 4.78 is 9.01. The SMILES string of the molecule is CC(C)(C)[N]=[Mo+2]=[N]C(C)(C)C.CCC[NH-].CCC[NH-]. The van der Waals surface area contributed by atoms with Gasteiger partial charge in [0.05, 0.1) is 0 Å². The van der Waals surface area contributed by atoms with E-state index in [-0.39, 0.29) is 11.1 Å². The molecule has 2 N–H and O–H groups in total. The van der Waals surface area contributed by atoms with Crippen molar-refractivity contribution in [2.45, 2.75) is 79.3 Å². The first-order valence-corrected chi connectivity index (χ1v) is 8.73. The Morgan fingerprint density at radius 2 is 0.947 bits per heavy atom. The van der Waals surface area contributed by atoms with Crippen LogP contribution in [-0.2, 0) is 18.2 Å². The van der Waals surface area contributed by atoms with Crippen LogP contribution >= 0.6 is 0 Å². The summed E-state index contributed by atoms with van der Waals surface area (Å²) in [5, 5.41) is 0. The van der Waals surface area contributed by atoms with Crippen LogP contribution in [0.3, 0.4) is 0 Å². The van der Waals surface area contributed by atoms with Crippen molar-refractivity contribution in [3.05, 3.63) is 11.5 Å². The van der Waals surface area contributed by atoms with Gasteiger partial charge in [-0.2, -0.15) is 13.1 Å². The van der Waals surface area contributed by atoms with E-state index in [1.807, 2.05) is 13.8 Å². The molecule has 0 fully saturated rings. The van der Waals surface area contributed by atoms with Crippen LogP contribution in [0, 0.1) is 0 Å². The largest absolute Gasteiger partial charge is 0.677 e. The molecule has 0 saturated heterocycles. The molecule has 116 valence electrons. The van der Waals surface area contributed by atoms with Crippen LogP contribution < -0.4 is 0 Å². The van der Waals surface area contributed by atoms with Gasteiger partial charge in [-0.3, -0.25) is 0 Å². The third-order valence-corrected chi connectivity index (χ3v) is 4.22. The summed E-state index contributed by atoms with van der Waals surface area (Å²) >= 11 is -0.473. The van der Waals surface area contributed by atoms with Gasteiger partial charge in [0.2, 0.25) is 0 Å². The zero-order valence-electron chi connectivity index (χ0n) is 14.1. The van der Waals surface area contributed by atoms with Crippen LogP contribution in [0.2, 0.25) is 0 Å². The standard InChI is InChI=1S/2C4H9N.2C3H8N.Mo/c2*1-4(2,3)5;2*1-2-3-4;/h2*1-3H3;2*4H,2-3H2,1H3;/q;;2*-1;+2. The van der Waals surface area contributed by atoms with Crippen molar-refractivity contribution in [1.82, 2.24) is 0 Å². The van der Waals surface area contributed by atoms with E-state index in [1.165, 1.54) is 0 Å². The molecule has 19 heavy (non-hydrogen) atoms. The quantitative estimate of drug-likeness (QED) is 0.551. The minimum absolute atomic E-state index is 0.108. The second-order valence-corrected chi connectivity index (χ2v) is 7.40. The summed E-state index contributed by atoms with van der Waals surface area (Å²) in [6.07, 6.45) is 1.97. The van der Waals surface area contributed by atoms with Crippen LogP contribution in [0.5, 0.6) is 0 Å². The van der Waals surface area contributed by atoms with Crippen LogP contribution in [-0.4, -0.2) is 24.2 Å². The number of hydrogen-bond acceptors (Lipinski definition) is 2. The maximum Gasteiger partial charge on any atom is -0.0670 e. The Balaban J connectivity index is -0.000000264. The van der Waals surface area contributed by atoms with Gasteiger partial charge in [0.15, 0.2) is 0 Å². The van der Waals surface area contributed by atoms with Crippen molar-refractivity contribution in [2.75, 3.05) is 13.1 Å². The van der Waals surface area contributed by atoms with E-state index in [4.69, 9.17) is 11.5 Å². The minimum Gasteiger partial charge on any atom is -0.677 e. The van der Waals surface area contributed by atoms with E-state index < -0.39 is 18.2 Å². The molecule has 0 aliphatic rings. The van der Waals surface area contributed by atoms with Crippen molar-refractivity contribution in [3.63, 3.8) is 0 Å². The van der Waals surface area contributed by atoms with Crippen molar-refractivity contribution in [2.24, 2.45) is 6.99 Å². The van der Waals surface area contributed by atoms with Crippen LogP contribution in [0.4, 0.5) is 0 Å². The Hall–Kier alpha value is 0.208. The molecular formula is C14H34MoN4. The van der Waals surface area contributed by atoms with Gasteiger partial charge in [0.25, 0.3) is 0 Å². The Morgan fingerprint density at radius 1 is 0.737 bits per heavy atom. The molecular weight excluding hydrogens is 320 g/mol. The topological polar surface area (TPSA) is 72.3 Å². The van der Waals surface area contributed by atoms with E-state index >= 15 is 0 Å². The maximum atomic E-state index is 6.45. The Kier molecular flexibility index (Phi) is 18.6. The molecule has 0 aliphatic heterocycles. The van der Waals surface area contributed by atoms with E-state index in [2.05, 4.69) is 48.5 Å². The van der Waals surface area contributed by atoms with Crippen molar-refractivity contribution in [3.8, 4) is 0 Å². The maximum absolute atomic E-state index is 6.45. The molecule has 0 aromatic rings. The Labute approximate surface area is 129 Å². The van der Waals surface area contributed by atoms with Crippen molar-refractivity contribution in [1.29, 1.82) is 0 Å². The van der Waals surface area contributed by atoms with Gasteiger partial charge in [-0.25, -0.2) is 0 Å². The first kappa shape index (κ1) is 24.2. The van der Waals surface area contributed by atoms with Crippen molar-refractivity contribution >= 4 is 0 Å². The summed E-state index contributed by atoms with van der Waals surface area (Å²) in [5.74, 6) is 0. The van der Waals surface area contributed by atoms with Gasteiger partial charge in [-0.05, 0) is 0 Å². The molecule has 0 amide bonds. The molecule has 5 heteroatoms. The van der Waals surface area contributed by atoms with Gasteiger partial charge in [-0.1, -0.05) is 26.7 Å². The van der Waals surface area contributed by atoms with Gasteiger partial charge in [-0.15, -0.1) is 0 Å². The van der Waals surface area contributed by atoms with Gasteiger partial charge >= 0.3 is 77.8 Å². The summed E-state index contributed by atoms with van der Waals surface area (Å²) in [4.78, 5) is 0. The fraction of sp³-hybridized carbons (Fsp3) is 1.00. The molecule has 0 rings (SSSR count). The Bertz CT molecular complexity index is 207. The average molecular weight is 354 g/mol. The summed E-state index contributed by atoms with van der Waals surface area (Å²) in [6, 6.07) is 0. The smallest absolute Gasteiger partial charge is 0.0670 e. The van der Waals surface area contributed by atoms with Crippen molar-refractivity contribution < 1.29 is 18.2 Å². The third-order valence-electron chi connectivity index (χ3n) is 1.13. The third kappa shape index (κ3) is 45.9. The Morgan fingerprint density at radius 3 is 1.05 bits per heavy atom. The summed E-state index contributed by atoms with van der Waals surface area (Å²) in [6.45, 7) is 17.9. The number of rotatable bonds is 2. The van der Waals surface area contributed by atoms with E-state index in [0.29, 0.717) is 13.1 Å². The van der Waals surface area contributed by atoms with Gasteiger partial charge < -0.3 is 11.5 Å². The fourth-order valence-electron chi connectivity index (χ4n) is 0.265. The molecule has 0 spiro atoms. The predicted molar refractivity (Wildman–Crippen MR) is 83.3 cm³/mol. The molecule has 0 aromatic heterocycles. The second kappa shape index (κ2) is 14.6. The van der Waals surface area contributed by atoms with Gasteiger partial charge in [0.1, 0.15) is 0 Å². The second-order valence-electron chi connectivity index (χ2n) is 6.11. The number of hydrogen-bond donors (Lipinski definition) is 0. The summed E-state index contributed by atoms with van der Waals surface area (Å²) in [5.41, 5.74) is 13.1. The molecule has 4 nitrogen and oxygen atoms in total. The van der Waals surface area contributed by atoms with Crippen LogP contribution in [0.25, 0.3) is 11.5 Å². The number of nitrogens with zero attached hydrogens (tertiary/aromatic N) is 2. The molecule has 0 bridgehead atoms. The normalized spacial score (nSPS) is 10.2. The molecule has 0 unspecified atom stereocenters. The molecule has 0 aromatic carbocycles. The summed E-state index contributed by atoms with van der Waals surface area (Å²) in [7, 11) is 0.